The summed E-state index contributed by atoms with van der Waals surface area (Å²) in [6.07, 6.45) is 1.06. The Morgan fingerprint density at radius 3 is 2.41 bits per heavy atom. The van der Waals surface area contributed by atoms with Gasteiger partial charge in [0.2, 0.25) is 0 Å². The fourth-order valence-electron chi connectivity index (χ4n) is 1.37. The van der Waals surface area contributed by atoms with Crippen molar-refractivity contribution < 1.29 is 24.5 Å². The van der Waals surface area contributed by atoms with Gasteiger partial charge in [-0.2, -0.15) is 0 Å². The Morgan fingerprint density at radius 1 is 1.53 bits per heavy atom. The molecule has 0 saturated heterocycles. The van der Waals surface area contributed by atoms with Gasteiger partial charge in [-0.1, -0.05) is 6.58 Å². The Balaban J connectivity index is 4.37. The zero-order valence-corrected chi connectivity index (χ0v) is 10.5. The van der Waals surface area contributed by atoms with Crippen LogP contribution in [0.1, 0.15) is 33.6 Å². The molecule has 0 rings (SSSR count). The molecule has 0 aromatic carbocycles. The van der Waals surface area contributed by atoms with E-state index in [1.54, 1.807) is 6.92 Å². The zero-order chi connectivity index (χ0) is 13.6. The summed E-state index contributed by atoms with van der Waals surface area (Å²) in [6.45, 7) is 7.96. The lowest BCUT2D eigenvalue weighted by atomic mass is 9.93. The van der Waals surface area contributed by atoms with E-state index in [0.29, 0.717) is 6.42 Å². The van der Waals surface area contributed by atoms with E-state index < -0.39 is 29.6 Å². The van der Waals surface area contributed by atoms with E-state index in [0.717, 1.165) is 0 Å². The number of carbonyl (C=O) groups is 2. The van der Waals surface area contributed by atoms with Crippen molar-refractivity contribution in [3.05, 3.63) is 12.7 Å². The Bertz CT molecular complexity index is 299. The van der Waals surface area contributed by atoms with Crippen molar-refractivity contribution in [3.63, 3.8) is 0 Å². The fraction of sp³-hybridized carbons (Fsp3) is 0.667. The normalized spacial score (nSPS) is 17.6. The fourth-order valence-corrected chi connectivity index (χ4v) is 1.37. The lowest BCUT2D eigenvalue weighted by molar-refractivity contribution is -0.153. The summed E-state index contributed by atoms with van der Waals surface area (Å²) >= 11 is 0. The maximum absolute atomic E-state index is 10.9. The van der Waals surface area contributed by atoms with Crippen molar-refractivity contribution in [1.82, 2.24) is 0 Å². The molecule has 0 heterocycles. The molecule has 0 aliphatic rings. The molecule has 0 spiro atoms. The Labute approximate surface area is 101 Å². The van der Waals surface area contributed by atoms with Gasteiger partial charge in [0.25, 0.3) is 0 Å². The molecule has 3 atom stereocenters. The van der Waals surface area contributed by atoms with E-state index in [4.69, 9.17) is 9.84 Å². The summed E-state index contributed by atoms with van der Waals surface area (Å²) in [7, 11) is 0. The van der Waals surface area contributed by atoms with Gasteiger partial charge in [-0.3, -0.25) is 9.59 Å². The van der Waals surface area contributed by atoms with Crippen molar-refractivity contribution in [3.8, 4) is 0 Å². The van der Waals surface area contributed by atoms with Crippen molar-refractivity contribution >= 4 is 11.9 Å². The molecule has 0 aliphatic carbocycles. The molecule has 17 heavy (non-hydrogen) atoms. The van der Waals surface area contributed by atoms with Gasteiger partial charge in [-0.25, -0.2) is 0 Å². The number of rotatable bonds is 7. The third-order valence-corrected chi connectivity index (χ3v) is 2.71. The average molecular weight is 244 g/mol. The number of carboxylic acids is 1. The lowest BCUT2D eigenvalue weighted by Crippen LogP contribution is -2.32. The van der Waals surface area contributed by atoms with Crippen molar-refractivity contribution in [2.75, 3.05) is 0 Å². The van der Waals surface area contributed by atoms with E-state index in [9.17, 15) is 14.7 Å². The minimum absolute atomic E-state index is 0.225. The SMILES string of the molecule is C=CC(C)(CCC(O)C(C)C(=O)O)OC(C)=O. The Hall–Kier alpha value is -1.36. The van der Waals surface area contributed by atoms with Gasteiger partial charge >= 0.3 is 11.9 Å². The van der Waals surface area contributed by atoms with Gasteiger partial charge in [0.05, 0.1) is 12.0 Å². The van der Waals surface area contributed by atoms with Crippen molar-refractivity contribution in [2.24, 2.45) is 5.92 Å². The molecule has 5 nitrogen and oxygen atoms in total. The summed E-state index contributed by atoms with van der Waals surface area (Å²) in [5, 5.41) is 18.3. The molecule has 2 N–H and O–H groups in total. The average Bonchev–Trinajstić information content (AvgIpc) is 2.23. The Morgan fingerprint density at radius 2 is 2.06 bits per heavy atom. The summed E-state index contributed by atoms with van der Waals surface area (Å²) in [4.78, 5) is 21.5. The molecule has 98 valence electrons. The van der Waals surface area contributed by atoms with Gasteiger partial charge in [0, 0.05) is 6.92 Å². The van der Waals surface area contributed by atoms with Gasteiger partial charge < -0.3 is 14.9 Å². The number of hydrogen-bond donors (Lipinski definition) is 2. The predicted octanol–water partition coefficient (Wildman–Crippen LogP) is 1.36. The summed E-state index contributed by atoms with van der Waals surface area (Å²) in [5.41, 5.74) is -0.870. The van der Waals surface area contributed by atoms with Gasteiger partial charge in [0.1, 0.15) is 5.60 Å². The molecule has 0 aliphatic heterocycles. The van der Waals surface area contributed by atoms with Gasteiger partial charge in [-0.05, 0) is 32.8 Å². The smallest absolute Gasteiger partial charge is 0.308 e. The van der Waals surface area contributed by atoms with Crippen LogP contribution in [0.15, 0.2) is 12.7 Å². The van der Waals surface area contributed by atoms with Crippen LogP contribution in [-0.4, -0.2) is 33.9 Å². The van der Waals surface area contributed by atoms with Crippen LogP contribution in [0.5, 0.6) is 0 Å². The second kappa shape index (κ2) is 6.39. The third kappa shape index (κ3) is 5.49. The molecule has 0 radical (unpaired) electrons. The molecule has 0 aromatic rings. The van der Waals surface area contributed by atoms with Crippen LogP contribution in [0, 0.1) is 5.92 Å². The quantitative estimate of drug-likeness (QED) is 0.521. The lowest BCUT2D eigenvalue weighted by Gasteiger charge is -2.27. The van der Waals surface area contributed by atoms with E-state index in [-0.39, 0.29) is 6.42 Å². The number of carbonyl (C=O) groups excluding carboxylic acids is 1. The molecule has 0 saturated carbocycles. The van der Waals surface area contributed by atoms with Gasteiger partial charge in [0.15, 0.2) is 0 Å². The third-order valence-electron chi connectivity index (χ3n) is 2.71. The van der Waals surface area contributed by atoms with Crippen LogP contribution in [0.4, 0.5) is 0 Å². The number of aliphatic carboxylic acids is 1. The number of ether oxygens (including phenoxy) is 1. The number of aliphatic hydroxyl groups excluding tert-OH is 1. The van der Waals surface area contributed by atoms with Crippen LogP contribution in [0.25, 0.3) is 0 Å². The van der Waals surface area contributed by atoms with Crippen LogP contribution < -0.4 is 0 Å². The second-order valence-corrected chi connectivity index (χ2v) is 4.34. The summed E-state index contributed by atoms with van der Waals surface area (Å²) in [6, 6.07) is 0. The number of aliphatic hydroxyl groups is 1. The minimum atomic E-state index is -1.05. The van der Waals surface area contributed by atoms with Crippen molar-refractivity contribution in [2.45, 2.75) is 45.3 Å². The molecule has 0 aromatic heterocycles. The molecule has 5 heteroatoms. The molecule has 0 fully saturated rings. The Kier molecular flexibility index (Phi) is 5.88. The summed E-state index contributed by atoms with van der Waals surface area (Å²) in [5.74, 6) is -2.33. The maximum atomic E-state index is 10.9. The number of esters is 1. The van der Waals surface area contributed by atoms with Crippen LogP contribution >= 0.6 is 0 Å². The molecular weight excluding hydrogens is 224 g/mol. The van der Waals surface area contributed by atoms with Gasteiger partial charge in [-0.15, -0.1) is 0 Å². The van der Waals surface area contributed by atoms with E-state index in [1.807, 2.05) is 0 Å². The molecular formula is C12H20O5. The second-order valence-electron chi connectivity index (χ2n) is 4.34. The minimum Gasteiger partial charge on any atom is -0.481 e. The van der Waals surface area contributed by atoms with Crippen molar-refractivity contribution in [1.29, 1.82) is 0 Å². The van der Waals surface area contributed by atoms with Crippen LogP contribution in [-0.2, 0) is 14.3 Å². The van der Waals surface area contributed by atoms with Crippen LogP contribution in [0.3, 0.4) is 0 Å². The monoisotopic (exact) mass is 244 g/mol. The standard InChI is InChI=1S/C12H20O5/c1-5-12(4,17-9(3)13)7-6-10(14)8(2)11(15)16/h5,8,10,14H,1,6-7H2,2-4H3,(H,15,16). The first-order valence-electron chi connectivity index (χ1n) is 5.46. The topological polar surface area (TPSA) is 83.8 Å². The van der Waals surface area contributed by atoms with E-state index in [1.165, 1.54) is 19.9 Å². The highest BCUT2D eigenvalue weighted by atomic mass is 16.6. The van der Waals surface area contributed by atoms with E-state index >= 15 is 0 Å². The highest BCUT2D eigenvalue weighted by Crippen LogP contribution is 2.22. The first-order valence-corrected chi connectivity index (χ1v) is 5.46. The first-order chi connectivity index (χ1) is 7.72. The zero-order valence-electron chi connectivity index (χ0n) is 10.5. The predicted molar refractivity (Wildman–Crippen MR) is 62.4 cm³/mol. The maximum Gasteiger partial charge on any atom is 0.308 e. The van der Waals surface area contributed by atoms with E-state index in [2.05, 4.69) is 6.58 Å². The van der Waals surface area contributed by atoms with Crippen LogP contribution in [0.2, 0.25) is 0 Å². The summed E-state index contributed by atoms with van der Waals surface area (Å²) < 4.78 is 5.06. The molecule has 0 bridgehead atoms. The number of hydrogen-bond acceptors (Lipinski definition) is 4. The molecule has 3 unspecified atom stereocenters. The largest absolute Gasteiger partial charge is 0.481 e. The highest BCUT2D eigenvalue weighted by molar-refractivity contribution is 5.70. The highest BCUT2D eigenvalue weighted by Gasteiger charge is 2.28. The molecule has 0 amide bonds. The first kappa shape index (κ1) is 15.6. The number of carboxylic acid groups (broad SMARTS) is 1.